The van der Waals surface area contributed by atoms with Gasteiger partial charge in [0.15, 0.2) is 0 Å². The van der Waals surface area contributed by atoms with Crippen LogP contribution in [0.5, 0.6) is 0 Å². The summed E-state index contributed by atoms with van der Waals surface area (Å²) in [5.74, 6) is 1.17. The maximum atomic E-state index is 12.3. The number of carbonyl (C=O) groups excluding carboxylic acids is 2. The molecule has 1 aliphatic heterocycles. The summed E-state index contributed by atoms with van der Waals surface area (Å²) < 4.78 is 0. The highest BCUT2D eigenvalue weighted by Crippen LogP contribution is 2.31. The standard InChI is InChI=1S/C19H18N4O2S/c24-18-11-26-16-8-7-12(10-15(16)23-18)19(25)20-9-3-6-17-21-13-4-1-2-5-14(13)22-17/h1-2,4-5,7-8,10H,3,6,9,11H2,(H,20,25)(H,21,22)(H,23,24). The van der Waals surface area contributed by atoms with Gasteiger partial charge in [0.05, 0.1) is 22.5 Å². The summed E-state index contributed by atoms with van der Waals surface area (Å²) in [5, 5.41) is 5.73. The molecule has 0 saturated heterocycles. The van der Waals surface area contributed by atoms with Crippen molar-refractivity contribution in [2.24, 2.45) is 0 Å². The van der Waals surface area contributed by atoms with Gasteiger partial charge in [-0.15, -0.1) is 11.8 Å². The summed E-state index contributed by atoms with van der Waals surface area (Å²) in [6.45, 7) is 0.564. The SMILES string of the molecule is O=C1CSc2ccc(C(=O)NCCCc3nc4ccccc4[nH]3)cc2N1. The lowest BCUT2D eigenvalue weighted by Gasteiger charge is -2.16. The number of thioether (sulfide) groups is 1. The monoisotopic (exact) mass is 366 g/mol. The minimum absolute atomic E-state index is 0.0362. The van der Waals surface area contributed by atoms with E-state index in [2.05, 4.69) is 20.6 Å². The zero-order valence-electron chi connectivity index (χ0n) is 14.0. The average Bonchev–Trinajstić information content (AvgIpc) is 3.07. The first-order valence-corrected chi connectivity index (χ1v) is 9.46. The Kier molecular flexibility index (Phi) is 4.62. The normalized spacial score (nSPS) is 13.3. The first kappa shape index (κ1) is 16.7. The molecule has 26 heavy (non-hydrogen) atoms. The smallest absolute Gasteiger partial charge is 0.251 e. The number of imidazole rings is 1. The van der Waals surface area contributed by atoms with E-state index < -0.39 is 0 Å². The fourth-order valence-electron chi connectivity index (χ4n) is 2.91. The van der Waals surface area contributed by atoms with Gasteiger partial charge < -0.3 is 15.6 Å². The number of aryl methyl sites for hydroxylation is 1. The van der Waals surface area contributed by atoms with E-state index in [4.69, 9.17) is 0 Å². The molecule has 1 aliphatic rings. The molecule has 4 rings (SSSR count). The third-order valence-corrected chi connectivity index (χ3v) is 5.26. The van der Waals surface area contributed by atoms with Crippen molar-refractivity contribution < 1.29 is 9.59 Å². The van der Waals surface area contributed by atoms with Crippen LogP contribution in [0.25, 0.3) is 11.0 Å². The van der Waals surface area contributed by atoms with Crippen LogP contribution in [-0.4, -0.2) is 34.1 Å². The Balaban J connectivity index is 1.31. The van der Waals surface area contributed by atoms with Crippen LogP contribution in [0.1, 0.15) is 22.6 Å². The van der Waals surface area contributed by atoms with Crippen LogP contribution in [0.15, 0.2) is 47.4 Å². The lowest BCUT2D eigenvalue weighted by atomic mass is 10.1. The van der Waals surface area contributed by atoms with Crippen LogP contribution in [0, 0.1) is 0 Å². The van der Waals surface area contributed by atoms with Crippen molar-refractivity contribution in [2.75, 3.05) is 17.6 Å². The maximum absolute atomic E-state index is 12.3. The zero-order valence-corrected chi connectivity index (χ0v) is 14.9. The van der Waals surface area contributed by atoms with Crippen LogP contribution in [0.4, 0.5) is 5.69 Å². The third-order valence-electron chi connectivity index (χ3n) is 4.19. The second-order valence-corrected chi connectivity index (χ2v) is 7.13. The van der Waals surface area contributed by atoms with Gasteiger partial charge in [-0.1, -0.05) is 12.1 Å². The number of anilines is 1. The molecule has 1 aromatic heterocycles. The van der Waals surface area contributed by atoms with E-state index in [0.29, 0.717) is 23.5 Å². The maximum Gasteiger partial charge on any atom is 0.251 e. The van der Waals surface area contributed by atoms with E-state index in [0.717, 1.165) is 34.6 Å². The number of benzene rings is 2. The van der Waals surface area contributed by atoms with E-state index in [9.17, 15) is 9.59 Å². The Labute approximate surface area is 154 Å². The van der Waals surface area contributed by atoms with Gasteiger partial charge >= 0.3 is 0 Å². The molecule has 0 bridgehead atoms. The van der Waals surface area contributed by atoms with Crippen LogP contribution >= 0.6 is 11.8 Å². The number of rotatable bonds is 5. The number of nitrogens with one attached hydrogen (secondary N) is 3. The highest BCUT2D eigenvalue weighted by Gasteiger charge is 2.17. The predicted molar refractivity (Wildman–Crippen MR) is 103 cm³/mol. The molecule has 6 nitrogen and oxygen atoms in total. The van der Waals surface area contributed by atoms with E-state index in [1.165, 1.54) is 11.8 Å². The van der Waals surface area contributed by atoms with Gasteiger partial charge in [0.1, 0.15) is 5.82 Å². The molecular formula is C19H18N4O2S. The van der Waals surface area contributed by atoms with Gasteiger partial charge in [0.2, 0.25) is 5.91 Å². The lowest BCUT2D eigenvalue weighted by Crippen LogP contribution is -2.25. The van der Waals surface area contributed by atoms with Crippen LogP contribution in [0.2, 0.25) is 0 Å². The Morgan fingerprint density at radius 1 is 1.23 bits per heavy atom. The number of hydrogen-bond donors (Lipinski definition) is 3. The van der Waals surface area contributed by atoms with Crippen molar-refractivity contribution in [3.05, 3.63) is 53.9 Å². The number of para-hydroxylation sites is 2. The highest BCUT2D eigenvalue weighted by molar-refractivity contribution is 8.00. The molecule has 7 heteroatoms. The number of carbonyl (C=O) groups is 2. The zero-order chi connectivity index (χ0) is 17.9. The molecule has 0 fully saturated rings. The fraction of sp³-hybridized carbons (Fsp3) is 0.211. The summed E-state index contributed by atoms with van der Waals surface area (Å²) >= 11 is 1.48. The van der Waals surface area contributed by atoms with Crippen molar-refractivity contribution in [2.45, 2.75) is 17.7 Å². The summed E-state index contributed by atoms with van der Waals surface area (Å²) in [7, 11) is 0. The molecule has 2 heterocycles. The molecule has 2 amide bonds. The molecule has 0 aliphatic carbocycles. The minimum atomic E-state index is -0.137. The van der Waals surface area contributed by atoms with Crippen molar-refractivity contribution in [3.8, 4) is 0 Å². The van der Waals surface area contributed by atoms with E-state index in [1.807, 2.05) is 30.3 Å². The van der Waals surface area contributed by atoms with Crippen molar-refractivity contribution >= 4 is 40.3 Å². The largest absolute Gasteiger partial charge is 0.352 e. The van der Waals surface area contributed by atoms with Gasteiger partial charge in [-0.25, -0.2) is 4.98 Å². The fourth-order valence-corrected chi connectivity index (χ4v) is 3.70. The van der Waals surface area contributed by atoms with E-state index >= 15 is 0 Å². The first-order chi connectivity index (χ1) is 12.7. The number of amides is 2. The third kappa shape index (κ3) is 3.57. The van der Waals surface area contributed by atoms with Gasteiger partial charge in [-0.2, -0.15) is 0 Å². The second-order valence-electron chi connectivity index (χ2n) is 6.11. The number of hydrogen-bond acceptors (Lipinski definition) is 4. The Bertz CT molecular complexity index is 950. The Morgan fingerprint density at radius 2 is 2.12 bits per heavy atom. The molecule has 0 unspecified atom stereocenters. The predicted octanol–water partition coefficient (Wildman–Crippen LogP) is 2.97. The number of aromatic nitrogens is 2. The molecule has 0 saturated carbocycles. The first-order valence-electron chi connectivity index (χ1n) is 8.47. The quantitative estimate of drug-likeness (QED) is 0.606. The number of nitrogens with zero attached hydrogens (tertiary/aromatic N) is 1. The van der Waals surface area contributed by atoms with Crippen molar-refractivity contribution in [1.29, 1.82) is 0 Å². The molecule has 2 aromatic carbocycles. The van der Waals surface area contributed by atoms with Crippen LogP contribution in [-0.2, 0) is 11.2 Å². The summed E-state index contributed by atoms with van der Waals surface area (Å²) in [6, 6.07) is 13.3. The van der Waals surface area contributed by atoms with Crippen LogP contribution in [0.3, 0.4) is 0 Å². The second kappa shape index (κ2) is 7.21. The van der Waals surface area contributed by atoms with Gasteiger partial charge in [0, 0.05) is 23.4 Å². The van der Waals surface area contributed by atoms with Crippen molar-refractivity contribution in [1.82, 2.24) is 15.3 Å². The van der Waals surface area contributed by atoms with Gasteiger partial charge in [-0.3, -0.25) is 9.59 Å². The van der Waals surface area contributed by atoms with Crippen LogP contribution < -0.4 is 10.6 Å². The average molecular weight is 366 g/mol. The Hall–Kier alpha value is -2.80. The van der Waals surface area contributed by atoms with E-state index in [1.54, 1.807) is 12.1 Å². The topological polar surface area (TPSA) is 86.9 Å². The lowest BCUT2D eigenvalue weighted by molar-refractivity contribution is -0.113. The van der Waals surface area contributed by atoms with Crippen molar-refractivity contribution in [3.63, 3.8) is 0 Å². The molecule has 3 N–H and O–H groups in total. The van der Waals surface area contributed by atoms with Gasteiger partial charge in [-0.05, 0) is 36.8 Å². The molecule has 3 aromatic rings. The van der Waals surface area contributed by atoms with E-state index in [-0.39, 0.29) is 11.8 Å². The number of aromatic amines is 1. The summed E-state index contributed by atoms with van der Waals surface area (Å²) in [5.41, 5.74) is 3.25. The Morgan fingerprint density at radius 3 is 3.00 bits per heavy atom. The minimum Gasteiger partial charge on any atom is -0.352 e. The molecule has 132 valence electrons. The number of H-pyrrole nitrogens is 1. The summed E-state index contributed by atoms with van der Waals surface area (Å²) in [6.07, 6.45) is 1.56. The molecule has 0 radical (unpaired) electrons. The number of fused-ring (bicyclic) bond motifs is 2. The molecule has 0 atom stereocenters. The molecule has 0 spiro atoms. The highest BCUT2D eigenvalue weighted by atomic mass is 32.2. The molecular weight excluding hydrogens is 348 g/mol. The van der Waals surface area contributed by atoms with Gasteiger partial charge in [0.25, 0.3) is 5.91 Å². The summed E-state index contributed by atoms with van der Waals surface area (Å²) in [4.78, 5) is 32.6.